The molecular formula is C18H19NO2. The van der Waals surface area contributed by atoms with Crippen LogP contribution in [0.3, 0.4) is 0 Å². The normalized spacial score (nSPS) is 17.3. The van der Waals surface area contributed by atoms with Crippen molar-refractivity contribution in [3.05, 3.63) is 59.7 Å². The highest BCUT2D eigenvalue weighted by molar-refractivity contribution is 5.99. The maximum atomic E-state index is 12.6. The Labute approximate surface area is 125 Å². The molecule has 0 spiro atoms. The van der Waals surface area contributed by atoms with Gasteiger partial charge in [0.2, 0.25) is 0 Å². The lowest BCUT2D eigenvalue weighted by Gasteiger charge is -2.34. The number of fused-ring (bicyclic) bond motifs is 1. The van der Waals surface area contributed by atoms with E-state index >= 15 is 0 Å². The monoisotopic (exact) mass is 281 g/mol. The molecule has 1 aliphatic rings. The van der Waals surface area contributed by atoms with E-state index in [4.69, 9.17) is 4.74 Å². The summed E-state index contributed by atoms with van der Waals surface area (Å²) in [5, 5.41) is 0. The van der Waals surface area contributed by atoms with Crippen LogP contribution in [0.2, 0.25) is 0 Å². The number of aryl methyl sites for hydroxylation is 1. The van der Waals surface area contributed by atoms with Gasteiger partial charge in [0.25, 0.3) is 5.91 Å². The molecule has 0 unspecified atom stereocenters. The van der Waals surface area contributed by atoms with Gasteiger partial charge in [-0.05, 0) is 36.6 Å². The topological polar surface area (TPSA) is 29.5 Å². The van der Waals surface area contributed by atoms with Gasteiger partial charge in [-0.2, -0.15) is 0 Å². The summed E-state index contributed by atoms with van der Waals surface area (Å²) in [7, 11) is 0. The number of carbonyl (C=O) groups excluding carboxylic acids is 1. The van der Waals surface area contributed by atoms with Crippen LogP contribution in [0.4, 0.5) is 5.69 Å². The molecule has 1 aliphatic heterocycles. The summed E-state index contributed by atoms with van der Waals surface area (Å²) in [5.74, 6) is 0.831. The average Bonchev–Trinajstić information content (AvgIpc) is 2.51. The number of amides is 1. The van der Waals surface area contributed by atoms with Crippen LogP contribution in [0.1, 0.15) is 24.5 Å². The second kappa shape index (κ2) is 5.60. The van der Waals surface area contributed by atoms with Gasteiger partial charge in [0.05, 0.1) is 12.2 Å². The molecule has 2 aromatic rings. The molecule has 1 heterocycles. The zero-order valence-electron chi connectivity index (χ0n) is 12.4. The average molecular weight is 281 g/mol. The van der Waals surface area contributed by atoms with Crippen molar-refractivity contribution in [3.63, 3.8) is 0 Å². The lowest BCUT2D eigenvalue weighted by atomic mass is 10.1. The van der Waals surface area contributed by atoms with Gasteiger partial charge in [0, 0.05) is 0 Å². The first-order valence-corrected chi connectivity index (χ1v) is 7.32. The van der Waals surface area contributed by atoms with Gasteiger partial charge >= 0.3 is 0 Å². The van der Waals surface area contributed by atoms with Crippen LogP contribution in [0.5, 0.6) is 5.75 Å². The van der Waals surface area contributed by atoms with E-state index in [9.17, 15) is 4.79 Å². The Morgan fingerprint density at radius 3 is 2.57 bits per heavy atom. The Bertz CT molecular complexity index is 666. The number of hydrogen-bond acceptors (Lipinski definition) is 2. The lowest BCUT2D eigenvalue weighted by Crippen LogP contribution is -2.45. The van der Waals surface area contributed by atoms with Gasteiger partial charge < -0.3 is 9.64 Å². The zero-order chi connectivity index (χ0) is 14.8. The molecule has 3 heteroatoms. The molecule has 3 nitrogen and oxygen atoms in total. The molecule has 21 heavy (non-hydrogen) atoms. The molecule has 0 aromatic heterocycles. The van der Waals surface area contributed by atoms with Gasteiger partial charge in [-0.1, -0.05) is 43.3 Å². The molecule has 0 aliphatic carbocycles. The second-order valence-corrected chi connectivity index (χ2v) is 5.33. The van der Waals surface area contributed by atoms with Gasteiger partial charge in [0.15, 0.2) is 6.10 Å². The standard InChI is InChI=1S/C18H19NO2/c1-3-16-18(20)19(12-14-9-5-4-8-13(14)2)15-10-6-7-11-17(15)21-16/h4-11,16H,3,12H2,1-2H3/t16-/m0/s1. The Hall–Kier alpha value is -2.29. The third kappa shape index (κ3) is 2.51. The van der Waals surface area contributed by atoms with E-state index in [1.54, 1.807) is 0 Å². The number of anilines is 1. The molecule has 0 saturated heterocycles. The second-order valence-electron chi connectivity index (χ2n) is 5.33. The van der Waals surface area contributed by atoms with E-state index in [0.717, 1.165) is 17.0 Å². The van der Waals surface area contributed by atoms with Gasteiger partial charge in [-0.25, -0.2) is 0 Å². The van der Waals surface area contributed by atoms with Crippen molar-refractivity contribution in [3.8, 4) is 5.75 Å². The first-order valence-electron chi connectivity index (χ1n) is 7.32. The Morgan fingerprint density at radius 2 is 1.81 bits per heavy atom. The smallest absolute Gasteiger partial charge is 0.268 e. The van der Waals surface area contributed by atoms with Gasteiger partial charge in [0.1, 0.15) is 5.75 Å². The predicted octanol–water partition coefficient (Wildman–Crippen LogP) is 3.70. The zero-order valence-corrected chi connectivity index (χ0v) is 12.4. The molecule has 108 valence electrons. The number of para-hydroxylation sites is 2. The number of ether oxygens (including phenoxy) is 1. The lowest BCUT2D eigenvalue weighted by molar-refractivity contribution is -0.126. The van der Waals surface area contributed by atoms with E-state index in [-0.39, 0.29) is 12.0 Å². The molecule has 0 saturated carbocycles. The summed E-state index contributed by atoms with van der Waals surface area (Å²) in [6.07, 6.45) is 0.293. The molecule has 3 rings (SSSR count). The molecule has 0 bridgehead atoms. The van der Waals surface area contributed by atoms with Crippen LogP contribution in [0.25, 0.3) is 0 Å². The van der Waals surface area contributed by atoms with Crippen LogP contribution in [-0.2, 0) is 11.3 Å². The summed E-state index contributed by atoms with van der Waals surface area (Å²) in [6.45, 7) is 4.63. The minimum atomic E-state index is -0.385. The number of nitrogens with zero attached hydrogens (tertiary/aromatic N) is 1. The van der Waals surface area contributed by atoms with Crippen LogP contribution in [-0.4, -0.2) is 12.0 Å². The summed E-state index contributed by atoms with van der Waals surface area (Å²) in [5.41, 5.74) is 3.22. The molecule has 0 N–H and O–H groups in total. The van der Waals surface area contributed by atoms with E-state index < -0.39 is 0 Å². The van der Waals surface area contributed by atoms with Crippen molar-refractivity contribution in [1.29, 1.82) is 0 Å². The van der Waals surface area contributed by atoms with Crippen molar-refractivity contribution >= 4 is 11.6 Å². The highest BCUT2D eigenvalue weighted by Gasteiger charge is 2.33. The highest BCUT2D eigenvalue weighted by atomic mass is 16.5. The largest absolute Gasteiger partial charge is 0.478 e. The molecule has 1 atom stereocenters. The molecule has 2 aromatic carbocycles. The van der Waals surface area contributed by atoms with Crippen LogP contribution < -0.4 is 9.64 Å². The summed E-state index contributed by atoms with van der Waals surface area (Å²) >= 11 is 0. The predicted molar refractivity (Wildman–Crippen MR) is 83.5 cm³/mol. The maximum Gasteiger partial charge on any atom is 0.268 e. The maximum absolute atomic E-state index is 12.6. The van der Waals surface area contributed by atoms with Crippen molar-refractivity contribution in [2.24, 2.45) is 0 Å². The van der Waals surface area contributed by atoms with Crippen LogP contribution >= 0.6 is 0 Å². The number of rotatable bonds is 3. The summed E-state index contributed by atoms with van der Waals surface area (Å²) in [4.78, 5) is 14.5. The fourth-order valence-corrected chi connectivity index (χ4v) is 2.65. The Morgan fingerprint density at radius 1 is 1.10 bits per heavy atom. The first-order chi connectivity index (χ1) is 10.2. The number of benzene rings is 2. The Balaban J connectivity index is 1.99. The highest BCUT2D eigenvalue weighted by Crippen LogP contribution is 2.35. The van der Waals surface area contributed by atoms with Gasteiger partial charge in [-0.3, -0.25) is 4.79 Å². The minimum absolute atomic E-state index is 0.0412. The third-order valence-electron chi connectivity index (χ3n) is 3.93. The fraction of sp³-hybridized carbons (Fsp3) is 0.278. The van der Waals surface area contributed by atoms with Crippen molar-refractivity contribution in [2.75, 3.05) is 4.90 Å². The van der Waals surface area contributed by atoms with E-state index in [2.05, 4.69) is 19.1 Å². The van der Waals surface area contributed by atoms with Crippen molar-refractivity contribution in [1.82, 2.24) is 0 Å². The SMILES string of the molecule is CC[C@@H]1Oc2ccccc2N(Cc2ccccc2C)C1=O. The number of hydrogen-bond donors (Lipinski definition) is 0. The van der Waals surface area contributed by atoms with E-state index in [0.29, 0.717) is 13.0 Å². The molecule has 0 fully saturated rings. The molecule has 0 radical (unpaired) electrons. The number of carbonyl (C=O) groups is 1. The summed E-state index contributed by atoms with van der Waals surface area (Å²) in [6, 6.07) is 15.9. The molecular weight excluding hydrogens is 262 g/mol. The van der Waals surface area contributed by atoms with Crippen LogP contribution in [0.15, 0.2) is 48.5 Å². The Kier molecular flexibility index (Phi) is 3.65. The van der Waals surface area contributed by atoms with E-state index in [1.807, 2.05) is 48.2 Å². The molecule has 1 amide bonds. The van der Waals surface area contributed by atoms with E-state index in [1.165, 1.54) is 5.56 Å². The minimum Gasteiger partial charge on any atom is -0.478 e. The first kappa shape index (κ1) is 13.7. The van der Waals surface area contributed by atoms with Gasteiger partial charge in [-0.15, -0.1) is 0 Å². The van der Waals surface area contributed by atoms with Crippen molar-refractivity contribution in [2.45, 2.75) is 32.9 Å². The van der Waals surface area contributed by atoms with Crippen molar-refractivity contribution < 1.29 is 9.53 Å². The quantitative estimate of drug-likeness (QED) is 0.858. The fourth-order valence-electron chi connectivity index (χ4n) is 2.65. The third-order valence-corrected chi connectivity index (χ3v) is 3.93. The summed E-state index contributed by atoms with van der Waals surface area (Å²) < 4.78 is 5.80. The van der Waals surface area contributed by atoms with Crippen LogP contribution in [0, 0.1) is 6.92 Å².